The van der Waals surface area contributed by atoms with Gasteiger partial charge in [-0.15, -0.1) is 0 Å². The lowest BCUT2D eigenvalue weighted by Gasteiger charge is -2.40. The molecule has 0 saturated carbocycles. The first-order chi connectivity index (χ1) is 19.0. The van der Waals surface area contributed by atoms with Gasteiger partial charge in [0.05, 0.1) is 24.8 Å². The van der Waals surface area contributed by atoms with Crippen molar-refractivity contribution >= 4 is 17.5 Å². The number of hydrogen-bond acceptors (Lipinski definition) is 11. The molecule has 8 N–H and O–H groups in total. The number of nitrogens with two attached hydrogens (primary N) is 1. The van der Waals surface area contributed by atoms with Crippen molar-refractivity contribution in [2.75, 3.05) is 20.8 Å². The second kappa shape index (κ2) is 11.4. The van der Waals surface area contributed by atoms with E-state index in [1.807, 2.05) is 0 Å². The number of ketones is 2. The minimum atomic E-state index is -1.77. The maximum atomic E-state index is 14.0. The number of aryl methyl sites for hydroxylation is 1. The quantitative estimate of drug-likeness (QED) is 0.141. The van der Waals surface area contributed by atoms with E-state index in [2.05, 4.69) is 10.3 Å². The van der Waals surface area contributed by atoms with Crippen molar-refractivity contribution in [3.8, 4) is 17.2 Å². The number of aliphatic hydroxyl groups is 4. The van der Waals surface area contributed by atoms with Gasteiger partial charge in [-0.3, -0.25) is 14.6 Å². The molecule has 1 aliphatic heterocycles. The van der Waals surface area contributed by atoms with Crippen LogP contribution in [-0.2, 0) is 17.7 Å². The molecule has 2 aromatic rings. The number of aliphatic imine (C=N–C) groups is 1. The number of carbonyl (C=O) groups is 2. The second-order valence-electron chi connectivity index (χ2n) is 9.54. The first-order valence-corrected chi connectivity index (χ1v) is 12.6. The summed E-state index contributed by atoms with van der Waals surface area (Å²) in [6, 6.07) is 2.87. The number of phenols is 1. The molecular weight excluding hydrogens is 526 g/mol. The highest BCUT2D eigenvalue weighted by atomic mass is 16.7. The van der Waals surface area contributed by atoms with Gasteiger partial charge in [-0.05, 0) is 25.0 Å². The smallest absolute Gasteiger partial charge is 0.229 e. The summed E-state index contributed by atoms with van der Waals surface area (Å²) in [5.41, 5.74) is 6.58. The SMILES string of the molecule is CCc1c(OC)cc(O[C@@H]2O[C@H](CO)[C@@H](O)[C@H](O)[C@H]2O)c2c1C(=O)c1cc(C)c(CNC(N)=NC)c(O)c1C2=O. The largest absolute Gasteiger partial charge is 0.507 e. The minimum Gasteiger partial charge on any atom is -0.507 e. The maximum absolute atomic E-state index is 14.0. The van der Waals surface area contributed by atoms with Crippen LogP contribution >= 0.6 is 0 Å². The molecule has 1 fully saturated rings. The number of phenolic OH excluding ortho intramolecular Hbond substituents is 1. The van der Waals surface area contributed by atoms with Crippen molar-refractivity contribution < 1.29 is 49.3 Å². The molecule has 13 nitrogen and oxygen atoms in total. The van der Waals surface area contributed by atoms with E-state index in [0.29, 0.717) is 23.1 Å². The van der Waals surface area contributed by atoms with E-state index in [4.69, 9.17) is 19.9 Å². The number of rotatable bonds is 7. The molecule has 216 valence electrons. The zero-order valence-corrected chi connectivity index (χ0v) is 22.5. The van der Waals surface area contributed by atoms with Crippen LogP contribution in [0, 0.1) is 6.92 Å². The van der Waals surface area contributed by atoms with Gasteiger partial charge in [0.1, 0.15) is 41.7 Å². The average molecular weight is 560 g/mol. The van der Waals surface area contributed by atoms with E-state index in [9.17, 15) is 35.1 Å². The van der Waals surface area contributed by atoms with Crippen molar-refractivity contribution in [1.82, 2.24) is 5.32 Å². The van der Waals surface area contributed by atoms with Gasteiger partial charge >= 0.3 is 0 Å². The Hall–Kier alpha value is -3.75. The highest BCUT2D eigenvalue weighted by molar-refractivity contribution is 6.31. The van der Waals surface area contributed by atoms with Gasteiger partial charge in [0.2, 0.25) is 12.1 Å². The van der Waals surface area contributed by atoms with Crippen LogP contribution in [0.1, 0.15) is 55.5 Å². The molecule has 2 aromatic carbocycles. The van der Waals surface area contributed by atoms with E-state index in [0.717, 1.165) is 0 Å². The van der Waals surface area contributed by atoms with Gasteiger partial charge in [0.25, 0.3) is 0 Å². The number of aliphatic hydroxyl groups excluding tert-OH is 4. The van der Waals surface area contributed by atoms with E-state index in [-0.39, 0.29) is 46.3 Å². The third kappa shape index (κ3) is 4.75. The molecule has 2 aliphatic rings. The number of fused-ring (bicyclic) bond motifs is 2. The molecule has 0 amide bonds. The van der Waals surface area contributed by atoms with Crippen molar-refractivity contribution in [3.05, 3.63) is 51.1 Å². The summed E-state index contributed by atoms with van der Waals surface area (Å²) < 4.78 is 16.8. The summed E-state index contributed by atoms with van der Waals surface area (Å²) >= 11 is 0. The highest BCUT2D eigenvalue weighted by Gasteiger charge is 2.46. The monoisotopic (exact) mass is 559 g/mol. The fourth-order valence-corrected chi connectivity index (χ4v) is 5.06. The Morgan fingerprint density at radius 3 is 2.35 bits per heavy atom. The Balaban J connectivity index is 1.88. The van der Waals surface area contributed by atoms with Crippen LogP contribution < -0.4 is 20.5 Å². The molecule has 0 unspecified atom stereocenters. The summed E-state index contributed by atoms with van der Waals surface area (Å²) in [6.45, 7) is 2.80. The van der Waals surface area contributed by atoms with E-state index in [1.54, 1.807) is 13.8 Å². The van der Waals surface area contributed by atoms with Crippen LogP contribution in [0.15, 0.2) is 17.1 Å². The first-order valence-electron chi connectivity index (χ1n) is 12.6. The molecule has 1 saturated heterocycles. The molecule has 13 heteroatoms. The Bertz CT molecular complexity index is 1370. The van der Waals surface area contributed by atoms with Crippen LogP contribution in [0.2, 0.25) is 0 Å². The predicted octanol–water partition coefficient (Wildman–Crippen LogP) is -0.740. The molecule has 0 radical (unpaired) electrons. The van der Waals surface area contributed by atoms with Gasteiger partial charge < -0.3 is 50.8 Å². The number of carbonyl (C=O) groups excluding carboxylic acids is 2. The third-order valence-electron chi connectivity index (χ3n) is 7.26. The summed E-state index contributed by atoms with van der Waals surface area (Å²) in [5, 5.41) is 54.5. The van der Waals surface area contributed by atoms with Crippen molar-refractivity contribution in [2.24, 2.45) is 10.7 Å². The number of nitrogens with zero attached hydrogens (tertiary/aromatic N) is 1. The van der Waals surface area contributed by atoms with E-state index < -0.39 is 54.6 Å². The number of benzene rings is 2. The van der Waals surface area contributed by atoms with Crippen LogP contribution in [0.3, 0.4) is 0 Å². The summed E-state index contributed by atoms with van der Waals surface area (Å²) in [5.74, 6) is -1.58. The highest BCUT2D eigenvalue weighted by Crippen LogP contribution is 2.44. The zero-order chi connectivity index (χ0) is 29.5. The van der Waals surface area contributed by atoms with Crippen molar-refractivity contribution in [3.63, 3.8) is 0 Å². The van der Waals surface area contributed by atoms with Gasteiger partial charge in [0, 0.05) is 41.9 Å². The molecule has 0 aromatic heterocycles. The van der Waals surface area contributed by atoms with Crippen molar-refractivity contribution in [2.45, 2.75) is 57.5 Å². The Morgan fingerprint density at radius 1 is 1.05 bits per heavy atom. The van der Waals surface area contributed by atoms with E-state index >= 15 is 0 Å². The molecule has 0 bridgehead atoms. The van der Waals surface area contributed by atoms with Crippen LogP contribution in [0.5, 0.6) is 17.2 Å². The Morgan fingerprint density at radius 2 is 1.75 bits per heavy atom. The molecular formula is C27H33N3O10. The normalized spacial score (nSPS) is 24.4. The average Bonchev–Trinajstić information content (AvgIpc) is 2.94. The number of ether oxygens (including phenoxy) is 3. The van der Waals surface area contributed by atoms with Crippen LogP contribution in [-0.4, -0.2) is 94.5 Å². The number of methoxy groups -OCH3 is 1. The van der Waals surface area contributed by atoms with Crippen molar-refractivity contribution in [1.29, 1.82) is 0 Å². The van der Waals surface area contributed by atoms with Gasteiger partial charge in [-0.25, -0.2) is 0 Å². The summed E-state index contributed by atoms with van der Waals surface area (Å²) in [4.78, 5) is 31.8. The fraction of sp³-hybridized carbons (Fsp3) is 0.444. The van der Waals surface area contributed by atoms with E-state index in [1.165, 1.54) is 26.3 Å². The Kier molecular flexibility index (Phi) is 8.33. The minimum absolute atomic E-state index is 0.00452. The third-order valence-corrected chi connectivity index (χ3v) is 7.26. The first kappa shape index (κ1) is 29.2. The van der Waals surface area contributed by atoms with Gasteiger partial charge in [-0.2, -0.15) is 0 Å². The lowest BCUT2D eigenvalue weighted by molar-refractivity contribution is -0.277. The standard InChI is InChI=1S/C27H33N3O10/c1-5-11-14(38-4)7-15(39-26-25(37)24(36)22(34)16(9-31)40-26)19-17(11)20(32)12-6-10(2)13(8-30-27(28)29-3)21(33)18(12)23(19)35/h6-7,16,22,24-26,31,33-34,36-37H,5,8-9H2,1-4H3,(H3,28,29,30)/t16-,22-,24+,25-,26-/m1/s1. The lowest BCUT2D eigenvalue weighted by atomic mass is 9.78. The summed E-state index contributed by atoms with van der Waals surface area (Å²) in [7, 11) is 2.86. The molecule has 1 aliphatic carbocycles. The molecule has 40 heavy (non-hydrogen) atoms. The lowest BCUT2D eigenvalue weighted by Crippen LogP contribution is -2.60. The Labute approximate surface area is 229 Å². The van der Waals surface area contributed by atoms with Crippen LogP contribution in [0.25, 0.3) is 0 Å². The van der Waals surface area contributed by atoms with Gasteiger partial charge in [0.15, 0.2) is 11.7 Å². The number of guanidine groups is 1. The predicted molar refractivity (Wildman–Crippen MR) is 141 cm³/mol. The number of hydrogen-bond donors (Lipinski definition) is 7. The molecule has 1 heterocycles. The molecule has 5 atom stereocenters. The molecule has 0 spiro atoms. The maximum Gasteiger partial charge on any atom is 0.229 e. The van der Waals surface area contributed by atoms with Gasteiger partial charge in [-0.1, -0.05) is 6.92 Å². The summed E-state index contributed by atoms with van der Waals surface area (Å²) in [6.07, 6.45) is -7.73. The zero-order valence-electron chi connectivity index (χ0n) is 22.5. The topological polar surface area (TPSA) is 213 Å². The molecule has 4 rings (SSSR count). The number of nitrogens with one attached hydrogen (secondary N) is 1. The fourth-order valence-electron chi connectivity index (χ4n) is 5.06. The van der Waals surface area contributed by atoms with Crippen LogP contribution in [0.4, 0.5) is 0 Å². The second-order valence-corrected chi connectivity index (χ2v) is 9.54. The number of aromatic hydroxyl groups is 1.